The number of hydrogen-bond donors (Lipinski definition) is 3. The van der Waals surface area contributed by atoms with E-state index in [1.807, 2.05) is 51.1 Å². The van der Waals surface area contributed by atoms with Gasteiger partial charge < -0.3 is 35.1 Å². The van der Waals surface area contributed by atoms with Crippen LogP contribution in [0.25, 0.3) is 0 Å². The lowest BCUT2D eigenvalue weighted by molar-refractivity contribution is 0.00492. The maximum Gasteiger partial charge on any atom is 0.410 e. The van der Waals surface area contributed by atoms with Crippen LogP contribution in [0.1, 0.15) is 59.9 Å². The zero-order valence-corrected chi connectivity index (χ0v) is 26.7. The summed E-state index contributed by atoms with van der Waals surface area (Å²) in [6.45, 7) is 12.5. The molecule has 0 spiro atoms. The van der Waals surface area contributed by atoms with E-state index in [2.05, 4.69) is 16.0 Å². The first-order valence-corrected chi connectivity index (χ1v) is 15.4. The number of ether oxygens (including phenoxy) is 3. The summed E-state index contributed by atoms with van der Waals surface area (Å²) in [6.07, 6.45) is -0.180. The van der Waals surface area contributed by atoms with Crippen molar-refractivity contribution in [3.05, 3.63) is 35.9 Å². The van der Waals surface area contributed by atoms with Gasteiger partial charge in [0.1, 0.15) is 17.8 Å². The number of amides is 3. The van der Waals surface area contributed by atoms with E-state index in [9.17, 15) is 23.2 Å². The van der Waals surface area contributed by atoms with Crippen LogP contribution in [0.3, 0.4) is 0 Å². The molecular weight excluding hydrogens is 574 g/mol. The molecule has 2 saturated heterocycles. The molecule has 2 heterocycles. The summed E-state index contributed by atoms with van der Waals surface area (Å²) in [6, 6.07) is 9.42. The fourth-order valence-corrected chi connectivity index (χ4v) is 6.93. The van der Waals surface area contributed by atoms with Gasteiger partial charge >= 0.3 is 18.3 Å². The molecule has 1 aromatic rings. The van der Waals surface area contributed by atoms with Crippen LogP contribution in [0, 0.1) is 23.7 Å². The van der Waals surface area contributed by atoms with Gasteiger partial charge in [-0.2, -0.15) is 0 Å². The fraction of sp³-hybridized carbons (Fsp3) is 0.719. The van der Waals surface area contributed by atoms with Crippen molar-refractivity contribution < 1.29 is 37.4 Å². The van der Waals surface area contributed by atoms with Gasteiger partial charge in [0.2, 0.25) is 0 Å². The lowest BCUT2D eigenvalue weighted by Crippen LogP contribution is -2.65. The third-order valence-electron chi connectivity index (χ3n) is 8.86. The highest BCUT2D eigenvalue weighted by molar-refractivity contribution is 5.72. The summed E-state index contributed by atoms with van der Waals surface area (Å²) in [5.74, 6) is 0.00566. The maximum absolute atomic E-state index is 13.3. The third kappa shape index (κ3) is 7.92. The summed E-state index contributed by atoms with van der Waals surface area (Å²) < 4.78 is 41.9. The second kappa shape index (κ2) is 13.1. The second-order valence-corrected chi connectivity index (χ2v) is 14.6. The topological polar surface area (TPSA) is 118 Å². The number of nitrogens with zero attached hydrogens (tertiary/aromatic N) is 1. The number of carbonyl (C=O) groups is 3. The number of carbonyl (C=O) groups excluding carboxylic acids is 3. The van der Waals surface area contributed by atoms with E-state index in [-0.39, 0.29) is 42.5 Å². The summed E-state index contributed by atoms with van der Waals surface area (Å²) in [5.41, 5.74) is -1.13. The van der Waals surface area contributed by atoms with Crippen LogP contribution in [0.5, 0.6) is 0 Å². The molecule has 4 aliphatic rings. The smallest absolute Gasteiger partial charge is 0.410 e. The van der Waals surface area contributed by atoms with Crippen molar-refractivity contribution in [2.45, 2.75) is 83.3 Å². The fourth-order valence-electron chi connectivity index (χ4n) is 6.93. The Morgan fingerprint density at radius 1 is 0.886 bits per heavy atom. The number of benzene rings is 1. The highest BCUT2D eigenvalue weighted by atomic mass is 19.1. The number of halogens is 2. The molecule has 4 fully saturated rings. The van der Waals surface area contributed by atoms with Crippen LogP contribution in [-0.2, 0) is 20.8 Å². The molecule has 2 aliphatic heterocycles. The minimum Gasteiger partial charge on any atom is -0.445 e. The van der Waals surface area contributed by atoms with Crippen LogP contribution in [0.4, 0.5) is 23.2 Å². The molecule has 0 radical (unpaired) electrons. The Hall–Kier alpha value is -3.15. The molecule has 5 rings (SSSR count). The normalized spacial score (nSPS) is 30.3. The molecule has 1 aromatic carbocycles. The van der Waals surface area contributed by atoms with Gasteiger partial charge in [-0.3, -0.25) is 8.78 Å². The highest BCUT2D eigenvalue weighted by Gasteiger charge is 2.61. The number of nitrogens with one attached hydrogen (secondary N) is 3. The van der Waals surface area contributed by atoms with Crippen molar-refractivity contribution >= 4 is 18.3 Å². The van der Waals surface area contributed by atoms with Gasteiger partial charge in [0, 0.05) is 38.0 Å². The monoisotopic (exact) mass is 622 g/mol. The molecule has 2 aliphatic carbocycles. The van der Waals surface area contributed by atoms with E-state index >= 15 is 0 Å². The van der Waals surface area contributed by atoms with Gasteiger partial charge in [0.15, 0.2) is 0 Å². The van der Waals surface area contributed by atoms with E-state index in [1.165, 1.54) is 0 Å². The molecule has 10 nitrogen and oxygen atoms in total. The molecule has 12 heteroatoms. The highest BCUT2D eigenvalue weighted by Crippen LogP contribution is 2.50. The molecule has 3 amide bonds. The lowest BCUT2D eigenvalue weighted by atomic mass is 9.61. The van der Waals surface area contributed by atoms with Crippen molar-refractivity contribution in [1.82, 2.24) is 20.9 Å². The molecule has 44 heavy (non-hydrogen) atoms. The van der Waals surface area contributed by atoms with Gasteiger partial charge in [-0.25, -0.2) is 14.4 Å². The van der Waals surface area contributed by atoms with Gasteiger partial charge in [-0.15, -0.1) is 0 Å². The number of alkyl halides is 2. The first kappa shape index (κ1) is 33.7. The average Bonchev–Trinajstić information content (AvgIpc) is 3.37. The third-order valence-corrected chi connectivity index (χ3v) is 8.86. The Labute approximate surface area is 258 Å². The Bertz CT molecular complexity index is 1180. The van der Waals surface area contributed by atoms with Crippen LogP contribution in [0.2, 0.25) is 0 Å². The van der Waals surface area contributed by atoms with Crippen molar-refractivity contribution in [1.29, 1.82) is 0 Å². The Morgan fingerprint density at radius 2 is 1.43 bits per heavy atom. The quantitative estimate of drug-likeness (QED) is 0.384. The molecule has 2 saturated carbocycles. The van der Waals surface area contributed by atoms with Gasteiger partial charge in [0.05, 0.1) is 24.4 Å². The summed E-state index contributed by atoms with van der Waals surface area (Å²) in [7, 11) is 0. The standard InChI is InChI=1S/C20H27FN2O4.C12H21FN2O2/c1-19(2,3)27-17(24)22-20-9-15(10-21)16(20)11-23(13-20)18(25)26-12-14-7-5-4-6-8-14;1-11(2,3)17-10(16)15-12-4-8(5-13)9(12)6-14-7-12/h4-8,15-16H,9-13H2,1-3H3,(H,22,24);8-9,14H,4-7H2,1-3H3,(H,15,16)/t15?,16-,20+;8?,9-,12+/m00/s1. The van der Waals surface area contributed by atoms with Crippen LogP contribution >= 0.6 is 0 Å². The minimum atomic E-state index is -0.634. The van der Waals surface area contributed by atoms with E-state index < -0.39 is 41.7 Å². The number of fused-ring (bicyclic) bond motifs is 2. The van der Waals surface area contributed by atoms with E-state index in [1.54, 1.807) is 25.7 Å². The molecule has 2 unspecified atom stereocenters. The summed E-state index contributed by atoms with van der Waals surface area (Å²) in [5, 5.41) is 9.04. The Kier molecular flexibility index (Phi) is 10.0. The number of likely N-dealkylation sites (tertiary alicyclic amines) is 1. The maximum atomic E-state index is 13.3. The van der Waals surface area contributed by atoms with E-state index in [4.69, 9.17) is 14.2 Å². The molecule has 0 bridgehead atoms. The Morgan fingerprint density at radius 3 is 2.00 bits per heavy atom. The lowest BCUT2D eigenvalue weighted by Gasteiger charge is -2.50. The average molecular weight is 623 g/mol. The number of alkyl carbamates (subject to hydrolysis) is 2. The van der Waals surface area contributed by atoms with E-state index in [0.717, 1.165) is 12.1 Å². The predicted molar refractivity (Wildman–Crippen MR) is 160 cm³/mol. The minimum absolute atomic E-state index is 0.0833. The number of rotatable bonds is 6. The number of hydrogen-bond acceptors (Lipinski definition) is 7. The van der Waals surface area contributed by atoms with Crippen molar-refractivity contribution in [3.63, 3.8) is 0 Å². The predicted octanol–water partition coefficient (Wildman–Crippen LogP) is 4.97. The molecule has 3 N–H and O–H groups in total. The summed E-state index contributed by atoms with van der Waals surface area (Å²) in [4.78, 5) is 38.0. The zero-order chi connectivity index (χ0) is 32.3. The van der Waals surface area contributed by atoms with Crippen molar-refractivity contribution in [3.8, 4) is 0 Å². The summed E-state index contributed by atoms with van der Waals surface area (Å²) >= 11 is 0. The Balaban J connectivity index is 0.000000223. The molecule has 0 aromatic heterocycles. The van der Waals surface area contributed by atoms with E-state index in [0.29, 0.717) is 32.5 Å². The molecule has 6 atom stereocenters. The van der Waals surface area contributed by atoms with Crippen LogP contribution < -0.4 is 16.0 Å². The molecule has 246 valence electrons. The first-order chi connectivity index (χ1) is 20.6. The van der Waals surface area contributed by atoms with Gasteiger partial charge in [-0.05, 0) is 71.8 Å². The van der Waals surface area contributed by atoms with Gasteiger partial charge in [0.25, 0.3) is 0 Å². The largest absolute Gasteiger partial charge is 0.445 e. The van der Waals surface area contributed by atoms with Crippen molar-refractivity contribution in [2.24, 2.45) is 23.7 Å². The van der Waals surface area contributed by atoms with Gasteiger partial charge in [-0.1, -0.05) is 30.3 Å². The van der Waals surface area contributed by atoms with Crippen molar-refractivity contribution in [2.75, 3.05) is 39.5 Å². The zero-order valence-electron chi connectivity index (χ0n) is 26.7. The molecular formula is C32H48F2N4O6. The van der Waals surface area contributed by atoms with Crippen LogP contribution in [-0.4, -0.2) is 85.0 Å². The SMILES string of the molecule is CC(C)(C)OC(=O)N[C@@]12CC(CF)[C@@H]1CN(C(=O)OCc1ccccc1)C2.CC(C)(C)OC(=O)N[C@]12CNC[C@H]1C(CF)C2. The second-order valence-electron chi connectivity index (χ2n) is 14.6. The van der Waals surface area contributed by atoms with Crippen LogP contribution in [0.15, 0.2) is 30.3 Å². The first-order valence-electron chi connectivity index (χ1n) is 15.4.